The first-order valence-corrected chi connectivity index (χ1v) is 4.61. The van der Waals surface area contributed by atoms with Gasteiger partial charge in [0.2, 0.25) is 0 Å². The summed E-state index contributed by atoms with van der Waals surface area (Å²) < 4.78 is 74.4. The van der Waals surface area contributed by atoms with Crippen molar-refractivity contribution in [2.75, 3.05) is 11.9 Å². The standard InChI is InChI=1S/C10H7F6NO/c11-9(12,13)6-3-7(10(14,15)16)5-8(4-6)17-1-2-18/h2-5,17H,1H2. The number of benzene rings is 1. The molecule has 1 N–H and O–H groups in total. The smallest absolute Gasteiger partial charge is 0.378 e. The van der Waals surface area contributed by atoms with Crippen molar-refractivity contribution in [1.29, 1.82) is 0 Å². The summed E-state index contributed by atoms with van der Waals surface area (Å²) in [4.78, 5) is 10.0. The van der Waals surface area contributed by atoms with Crippen LogP contribution in [0.25, 0.3) is 0 Å². The van der Waals surface area contributed by atoms with E-state index >= 15 is 0 Å². The molecule has 1 aromatic carbocycles. The maximum absolute atomic E-state index is 12.4. The second-order valence-electron chi connectivity index (χ2n) is 3.34. The first kappa shape index (κ1) is 14.3. The number of halogens is 6. The third-order valence-electron chi connectivity index (χ3n) is 1.98. The highest BCUT2D eigenvalue weighted by atomic mass is 19.4. The molecule has 0 spiro atoms. The zero-order chi connectivity index (χ0) is 14.0. The monoisotopic (exact) mass is 271 g/mol. The van der Waals surface area contributed by atoms with Crippen molar-refractivity contribution >= 4 is 12.0 Å². The van der Waals surface area contributed by atoms with E-state index in [1.165, 1.54) is 0 Å². The number of rotatable bonds is 3. The molecule has 0 bridgehead atoms. The van der Waals surface area contributed by atoms with Crippen molar-refractivity contribution in [3.05, 3.63) is 29.3 Å². The molecular formula is C10H7F6NO. The van der Waals surface area contributed by atoms with Crippen LogP contribution in [0.5, 0.6) is 0 Å². The first-order valence-electron chi connectivity index (χ1n) is 4.61. The molecule has 100 valence electrons. The highest BCUT2D eigenvalue weighted by Gasteiger charge is 2.36. The van der Waals surface area contributed by atoms with Gasteiger partial charge in [-0.15, -0.1) is 0 Å². The Morgan fingerprint density at radius 2 is 1.39 bits per heavy atom. The van der Waals surface area contributed by atoms with Crippen molar-refractivity contribution in [3.8, 4) is 0 Å². The van der Waals surface area contributed by atoms with Gasteiger partial charge in [0, 0.05) is 5.69 Å². The number of aldehydes is 1. The zero-order valence-electron chi connectivity index (χ0n) is 8.69. The van der Waals surface area contributed by atoms with Gasteiger partial charge in [-0.05, 0) is 18.2 Å². The lowest BCUT2D eigenvalue weighted by atomic mass is 10.1. The largest absolute Gasteiger partial charge is 0.416 e. The van der Waals surface area contributed by atoms with Crippen molar-refractivity contribution in [2.24, 2.45) is 0 Å². The van der Waals surface area contributed by atoms with Gasteiger partial charge < -0.3 is 10.1 Å². The highest BCUT2D eigenvalue weighted by Crippen LogP contribution is 2.37. The van der Waals surface area contributed by atoms with Crippen LogP contribution in [0, 0.1) is 0 Å². The average Bonchev–Trinajstić information content (AvgIpc) is 2.23. The van der Waals surface area contributed by atoms with E-state index in [9.17, 15) is 31.1 Å². The van der Waals surface area contributed by atoms with Gasteiger partial charge in [0.05, 0.1) is 17.7 Å². The van der Waals surface area contributed by atoms with Gasteiger partial charge in [-0.2, -0.15) is 26.3 Å². The molecule has 0 heterocycles. The van der Waals surface area contributed by atoms with Crippen LogP contribution in [0.2, 0.25) is 0 Å². The van der Waals surface area contributed by atoms with Gasteiger partial charge in [-0.3, -0.25) is 0 Å². The van der Waals surface area contributed by atoms with E-state index in [0.717, 1.165) is 0 Å². The van der Waals surface area contributed by atoms with Crippen molar-refractivity contribution in [2.45, 2.75) is 12.4 Å². The lowest BCUT2D eigenvalue weighted by Crippen LogP contribution is -2.12. The van der Waals surface area contributed by atoms with E-state index in [1.807, 2.05) is 0 Å². The fourth-order valence-electron chi connectivity index (χ4n) is 1.22. The van der Waals surface area contributed by atoms with Crippen LogP contribution >= 0.6 is 0 Å². The van der Waals surface area contributed by atoms with Crippen LogP contribution in [0.3, 0.4) is 0 Å². The van der Waals surface area contributed by atoms with E-state index in [-0.39, 0.29) is 12.6 Å². The predicted molar refractivity (Wildman–Crippen MR) is 51.0 cm³/mol. The summed E-state index contributed by atoms with van der Waals surface area (Å²) in [7, 11) is 0. The number of alkyl halides is 6. The van der Waals surface area contributed by atoms with Gasteiger partial charge in [-0.1, -0.05) is 0 Å². The minimum absolute atomic E-state index is 0.0199. The van der Waals surface area contributed by atoms with E-state index < -0.39 is 29.2 Å². The first-order chi connectivity index (χ1) is 8.14. The molecule has 1 rings (SSSR count). The Morgan fingerprint density at radius 3 is 1.72 bits per heavy atom. The van der Waals surface area contributed by atoms with Gasteiger partial charge in [-0.25, -0.2) is 0 Å². The van der Waals surface area contributed by atoms with Crippen LogP contribution < -0.4 is 5.32 Å². The fraction of sp³-hybridized carbons (Fsp3) is 0.300. The third-order valence-corrected chi connectivity index (χ3v) is 1.98. The van der Waals surface area contributed by atoms with Gasteiger partial charge >= 0.3 is 12.4 Å². The fourth-order valence-corrected chi connectivity index (χ4v) is 1.22. The Balaban J connectivity index is 3.24. The predicted octanol–water partition coefficient (Wildman–Crippen LogP) is 3.34. The van der Waals surface area contributed by atoms with Gasteiger partial charge in [0.25, 0.3) is 0 Å². The van der Waals surface area contributed by atoms with Crippen LogP contribution in [0.1, 0.15) is 11.1 Å². The second-order valence-corrected chi connectivity index (χ2v) is 3.34. The molecule has 0 aromatic heterocycles. The summed E-state index contributed by atoms with van der Waals surface area (Å²) in [6.07, 6.45) is -9.45. The summed E-state index contributed by atoms with van der Waals surface area (Å²) in [5.41, 5.74) is -3.26. The number of carbonyl (C=O) groups is 1. The number of carbonyl (C=O) groups excluding carboxylic acids is 1. The highest BCUT2D eigenvalue weighted by molar-refractivity contribution is 5.60. The maximum atomic E-state index is 12.4. The molecule has 18 heavy (non-hydrogen) atoms. The summed E-state index contributed by atoms with van der Waals surface area (Å²) >= 11 is 0. The number of hydrogen-bond acceptors (Lipinski definition) is 2. The second kappa shape index (κ2) is 4.87. The summed E-state index contributed by atoms with van der Waals surface area (Å²) in [5, 5.41) is 2.15. The molecule has 1 aromatic rings. The molecule has 0 atom stereocenters. The normalized spacial score (nSPS) is 12.3. The SMILES string of the molecule is O=CCNc1cc(C(F)(F)F)cc(C(F)(F)F)c1. The minimum atomic E-state index is -4.89. The quantitative estimate of drug-likeness (QED) is 0.674. The number of hydrogen-bond donors (Lipinski definition) is 1. The lowest BCUT2D eigenvalue weighted by Gasteiger charge is -2.14. The summed E-state index contributed by atoms with van der Waals surface area (Å²) in [6, 6.07) is 1.05. The zero-order valence-corrected chi connectivity index (χ0v) is 8.69. The Hall–Kier alpha value is -1.73. The molecule has 0 aliphatic carbocycles. The van der Waals surface area contributed by atoms with Crippen LogP contribution in [0.15, 0.2) is 18.2 Å². The third kappa shape index (κ3) is 3.64. The molecule has 0 unspecified atom stereocenters. The van der Waals surface area contributed by atoms with E-state index in [0.29, 0.717) is 18.4 Å². The van der Waals surface area contributed by atoms with Crippen molar-refractivity contribution in [1.82, 2.24) is 0 Å². The molecule has 8 heteroatoms. The minimum Gasteiger partial charge on any atom is -0.378 e. The van der Waals surface area contributed by atoms with Gasteiger partial charge in [0.1, 0.15) is 6.29 Å². The van der Waals surface area contributed by atoms with Crippen LogP contribution in [0.4, 0.5) is 32.0 Å². The Morgan fingerprint density at radius 1 is 0.944 bits per heavy atom. The Bertz CT molecular complexity index is 405. The van der Waals surface area contributed by atoms with E-state index in [2.05, 4.69) is 5.32 Å². The summed E-state index contributed by atoms with van der Waals surface area (Å²) in [6.45, 7) is -0.376. The van der Waals surface area contributed by atoms with Crippen molar-refractivity contribution in [3.63, 3.8) is 0 Å². The van der Waals surface area contributed by atoms with E-state index in [4.69, 9.17) is 0 Å². The van der Waals surface area contributed by atoms with Crippen molar-refractivity contribution < 1.29 is 31.1 Å². The topological polar surface area (TPSA) is 29.1 Å². The van der Waals surface area contributed by atoms with Crippen LogP contribution in [-0.2, 0) is 17.1 Å². The summed E-state index contributed by atoms with van der Waals surface area (Å²) in [5.74, 6) is 0. The molecular weight excluding hydrogens is 264 g/mol. The van der Waals surface area contributed by atoms with E-state index in [1.54, 1.807) is 0 Å². The van der Waals surface area contributed by atoms with Crippen LogP contribution in [-0.4, -0.2) is 12.8 Å². The Labute approximate surface area is 97.6 Å². The Kier molecular flexibility index (Phi) is 3.88. The van der Waals surface area contributed by atoms with Gasteiger partial charge in [0.15, 0.2) is 0 Å². The number of nitrogens with one attached hydrogen (secondary N) is 1. The average molecular weight is 271 g/mol. The molecule has 0 aliphatic rings. The molecule has 0 radical (unpaired) electrons. The molecule has 0 aliphatic heterocycles. The molecule has 0 amide bonds. The molecule has 2 nitrogen and oxygen atoms in total. The lowest BCUT2D eigenvalue weighted by molar-refractivity contribution is -0.143. The molecule has 0 saturated heterocycles. The number of anilines is 1. The maximum Gasteiger partial charge on any atom is 0.416 e. The molecule has 0 fully saturated rings. The molecule has 0 saturated carbocycles.